The van der Waals surface area contributed by atoms with Crippen molar-refractivity contribution in [2.45, 2.75) is 6.92 Å². The van der Waals surface area contributed by atoms with Crippen molar-refractivity contribution < 1.29 is 14.6 Å². The van der Waals surface area contributed by atoms with Crippen molar-refractivity contribution in [1.82, 2.24) is 4.98 Å². The van der Waals surface area contributed by atoms with E-state index in [1.807, 2.05) is 19.1 Å². The van der Waals surface area contributed by atoms with Crippen LogP contribution in [0, 0.1) is 6.92 Å². The highest BCUT2D eigenvalue weighted by Crippen LogP contribution is 2.25. The van der Waals surface area contributed by atoms with Crippen molar-refractivity contribution in [2.24, 2.45) is 0 Å². The van der Waals surface area contributed by atoms with Gasteiger partial charge < -0.3 is 9.84 Å². The van der Waals surface area contributed by atoms with Gasteiger partial charge in [0.15, 0.2) is 6.61 Å². The Hall–Kier alpha value is -1.62. The van der Waals surface area contributed by atoms with Gasteiger partial charge >= 0.3 is 5.97 Å². The number of nitrogens with zero attached hydrogens (tertiary/aromatic N) is 1. The number of aromatic nitrogens is 1. The smallest absolute Gasteiger partial charge is 0.341 e. The SMILES string of the molecule is Cc1nc2ccc(OCC(=O)O)cc2s1. The monoisotopic (exact) mass is 223 g/mol. The van der Waals surface area contributed by atoms with E-state index in [0.717, 1.165) is 15.2 Å². The highest BCUT2D eigenvalue weighted by Gasteiger charge is 2.03. The maximum Gasteiger partial charge on any atom is 0.341 e. The van der Waals surface area contributed by atoms with Crippen molar-refractivity contribution in [3.05, 3.63) is 23.2 Å². The van der Waals surface area contributed by atoms with Crippen molar-refractivity contribution in [1.29, 1.82) is 0 Å². The van der Waals surface area contributed by atoms with Crippen LogP contribution in [0.2, 0.25) is 0 Å². The van der Waals surface area contributed by atoms with Gasteiger partial charge in [0.1, 0.15) is 5.75 Å². The summed E-state index contributed by atoms with van der Waals surface area (Å²) in [5.41, 5.74) is 0.917. The lowest BCUT2D eigenvalue weighted by Crippen LogP contribution is -2.09. The summed E-state index contributed by atoms with van der Waals surface area (Å²) in [5, 5.41) is 9.44. The fourth-order valence-corrected chi connectivity index (χ4v) is 2.11. The number of aryl methyl sites for hydroxylation is 1. The molecule has 4 nitrogen and oxygen atoms in total. The average Bonchev–Trinajstić information content (AvgIpc) is 2.53. The molecule has 1 aromatic carbocycles. The predicted molar refractivity (Wildman–Crippen MR) is 57.5 cm³/mol. The maximum atomic E-state index is 10.3. The molecule has 2 rings (SSSR count). The van der Waals surface area contributed by atoms with E-state index < -0.39 is 5.97 Å². The molecule has 1 aromatic heterocycles. The molecule has 2 aromatic rings. The van der Waals surface area contributed by atoms with Gasteiger partial charge in [-0.2, -0.15) is 0 Å². The number of aliphatic carboxylic acids is 1. The second-order valence-electron chi connectivity index (χ2n) is 3.04. The van der Waals surface area contributed by atoms with Crippen LogP contribution >= 0.6 is 11.3 Å². The average molecular weight is 223 g/mol. The Morgan fingerprint density at radius 3 is 3.13 bits per heavy atom. The summed E-state index contributed by atoms with van der Waals surface area (Å²) >= 11 is 1.56. The van der Waals surface area contributed by atoms with Crippen molar-refractivity contribution in [3.63, 3.8) is 0 Å². The third kappa shape index (κ3) is 2.24. The molecule has 0 fully saturated rings. The Morgan fingerprint density at radius 2 is 2.40 bits per heavy atom. The topological polar surface area (TPSA) is 59.4 Å². The number of benzene rings is 1. The number of fused-ring (bicyclic) bond motifs is 1. The number of carboxylic acid groups (broad SMARTS) is 1. The van der Waals surface area contributed by atoms with Crippen LogP contribution in [-0.2, 0) is 4.79 Å². The van der Waals surface area contributed by atoms with E-state index in [4.69, 9.17) is 9.84 Å². The van der Waals surface area contributed by atoms with Crippen LogP contribution in [0.25, 0.3) is 10.2 Å². The molecule has 0 amide bonds. The lowest BCUT2D eigenvalue weighted by molar-refractivity contribution is -0.139. The lowest BCUT2D eigenvalue weighted by Gasteiger charge is -2.01. The number of hydrogen-bond acceptors (Lipinski definition) is 4. The van der Waals surface area contributed by atoms with Crippen molar-refractivity contribution >= 4 is 27.5 Å². The molecule has 0 unspecified atom stereocenters. The standard InChI is InChI=1S/C10H9NO3S/c1-6-11-8-3-2-7(4-9(8)15-6)14-5-10(12)13/h2-4H,5H2,1H3,(H,12,13). The van der Waals surface area contributed by atoms with Gasteiger partial charge in [-0.15, -0.1) is 11.3 Å². The van der Waals surface area contributed by atoms with Gasteiger partial charge in [-0.3, -0.25) is 0 Å². The Balaban J connectivity index is 2.26. The molecule has 5 heteroatoms. The molecule has 0 aliphatic rings. The van der Waals surface area contributed by atoms with Gasteiger partial charge in [0.2, 0.25) is 0 Å². The number of carboxylic acids is 1. The first kappa shape index (κ1) is 9.92. The van der Waals surface area contributed by atoms with Crippen molar-refractivity contribution in [2.75, 3.05) is 6.61 Å². The first-order chi connectivity index (χ1) is 7.15. The molecule has 1 heterocycles. The predicted octanol–water partition coefficient (Wildman–Crippen LogP) is 2.07. The zero-order valence-corrected chi connectivity index (χ0v) is 8.87. The number of hydrogen-bond donors (Lipinski definition) is 1. The minimum Gasteiger partial charge on any atom is -0.482 e. The summed E-state index contributed by atoms with van der Waals surface area (Å²) < 4.78 is 6.07. The summed E-state index contributed by atoms with van der Waals surface area (Å²) in [6, 6.07) is 5.36. The normalized spacial score (nSPS) is 10.5. The molecule has 1 N–H and O–H groups in total. The Bertz CT molecular complexity index is 506. The van der Waals surface area contributed by atoms with E-state index >= 15 is 0 Å². The number of ether oxygens (including phenoxy) is 1. The Kier molecular flexibility index (Phi) is 2.55. The molecule has 0 aliphatic carbocycles. The van der Waals surface area contributed by atoms with Crippen LogP contribution in [0.15, 0.2) is 18.2 Å². The minimum absolute atomic E-state index is 0.316. The molecule has 0 spiro atoms. The van der Waals surface area contributed by atoms with Crippen LogP contribution in [-0.4, -0.2) is 22.7 Å². The van der Waals surface area contributed by atoms with E-state index in [9.17, 15) is 4.79 Å². The zero-order chi connectivity index (χ0) is 10.8. The summed E-state index contributed by atoms with van der Waals surface area (Å²) in [6.07, 6.45) is 0. The van der Waals surface area contributed by atoms with Gasteiger partial charge in [-0.25, -0.2) is 9.78 Å². The van der Waals surface area contributed by atoms with Crippen LogP contribution in [0.5, 0.6) is 5.75 Å². The molecule has 0 aliphatic heterocycles. The fraction of sp³-hybridized carbons (Fsp3) is 0.200. The molecule has 0 saturated carbocycles. The van der Waals surface area contributed by atoms with Crippen LogP contribution in [0.3, 0.4) is 0 Å². The number of rotatable bonds is 3. The van der Waals surface area contributed by atoms with Gasteiger partial charge in [-0.1, -0.05) is 0 Å². The Labute approximate surface area is 90.1 Å². The molecule has 78 valence electrons. The largest absolute Gasteiger partial charge is 0.482 e. The van der Waals surface area contributed by atoms with Gasteiger partial charge in [-0.05, 0) is 25.1 Å². The number of carbonyl (C=O) groups is 1. The van der Waals surface area contributed by atoms with E-state index in [0.29, 0.717) is 5.75 Å². The van der Waals surface area contributed by atoms with E-state index in [-0.39, 0.29) is 6.61 Å². The summed E-state index contributed by atoms with van der Waals surface area (Å²) in [4.78, 5) is 14.6. The van der Waals surface area contributed by atoms with Gasteiger partial charge in [0, 0.05) is 0 Å². The van der Waals surface area contributed by atoms with Crippen LogP contribution in [0.4, 0.5) is 0 Å². The Morgan fingerprint density at radius 1 is 1.60 bits per heavy atom. The van der Waals surface area contributed by atoms with Crippen molar-refractivity contribution in [3.8, 4) is 5.75 Å². The molecule has 0 atom stereocenters. The van der Waals surface area contributed by atoms with Crippen LogP contribution in [0.1, 0.15) is 5.01 Å². The first-order valence-electron chi connectivity index (χ1n) is 4.37. The molecule has 15 heavy (non-hydrogen) atoms. The van der Waals surface area contributed by atoms with Gasteiger partial charge in [0.05, 0.1) is 15.2 Å². The third-order valence-electron chi connectivity index (χ3n) is 1.83. The second kappa shape index (κ2) is 3.86. The highest BCUT2D eigenvalue weighted by molar-refractivity contribution is 7.18. The third-order valence-corrected chi connectivity index (χ3v) is 2.76. The molecular formula is C10H9NO3S. The fourth-order valence-electron chi connectivity index (χ4n) is 1.26. The first-order valence-corrected chi connectivity index (χ1v) is 5.18. The maximum absolute atomic E-state index is 10.3. The van der Waals surface area contributed by atoms with Gasteiger partial charge in [0.25, 0.3) is 0 Å². The summed E-state index contributed by atoms with van der Waals surface area (Å²) in [5.74, 6) is -0.413. The second-order valence-corrected chi connectivity index (χ2v) is 4.28. The highest BCUT2D eigenvalue weighted by atomic mass is 32.1. The van der Waals surface area contributed by atoms with Crippen LogP contribution < -0.4 is 4.74 Å². The van der Waals surface area contributed by atoms with E-state index in [1.54, 1.807) is 17.4 Å². The quantitative estimate of drug-likeness (QED) is 0.865. The van der Waals surface area contributed by atoms with E-state index in [1.165, 1.54) is 0 Å². The molecular weight excluding hydrogens is 214 g/mol. The molecule has 0 radical (unpaired) electrons. The lowest BCUT2D eigenvalue weighted by atomic mass is 10.3. The minimum atomic E-state index is -0.976. The molecule has 0 saturated heterocycles. The molecule has 0 bridgehead atoms. The zero-order valence-electron chi connectivity index (χ0n) is 8.06. The van der Waals surface area contributed by atoms with E-state index in [2.05, 4.69) is 4.98 Å². The summed E-state index contributed by atoms with van der Waals surface area (Å²) in [6.45, 7) is 1.62. The number of thiazole rings is 1. The summed E-state index contributed by atoms with van der Waals surface area (Å²) in [7, 11) is 0.